The first-order valence-corrected chi connectivity index (χ1v) is 9.06. The van der Waals surface area contributed by atoms with Gasteiger partial charge in [-0.2, -0.15) is 9.29 Å². The molecule has 1 saturated heterocycles. The maximum atomic E-state index is 13.8. The molecular weight excluding hydrogens is 337 g/mol. The van der Waals surface area contributed by atoms with Gasteiger partial charge in [-0.3, -0.25) is 0 Å². The van der Waals surface area contributed by atoms with Crippen LogP contribution in [0.3, 0.4) is 0 Å². The van der Waals surface area contributed by atoms with E-state index in [-0.39, 0.29) is 24.2 Å². The summed E-state index contributed by atoms with van der Waals surface area (Å²) in [5, 5.41) is 3.73. The van der Waals surface area contributed by atoms with Crippen LogP contribution in [0.1, 0.15) is 24.6 Å². The molecule has 130 valence electrons. The van der Waals surface area contributed by atoms with Gasteiger partial charge in [0.2, 0.25) is 15.9 Å². The third-order valence-corrected chi connectivity index (χ3v) is 5.71. The van der Waals surface area contributed by atoms with Crippen molar-refractivity contribution in [1.82, 2.24) is 14.4 Å². The predicted molar refractivity (Wildman–Crippen MR) is 82.0 cm³/mol. The molecule has 0 radical (unpaired) electrons. The fourth-order valence-electron chi connectivity index (χ4n) is 2.64. The molecule has 7 nitrogen and oxygen atoms in total. The Hall–Kier alpha value is -1.84. The van der Waals surface area contributed by atoms with Gasteiger partial charge < -0.3 is 9.26 Å². The molecule has 0 bridgehead atoms. The Morgan fingerprint density at radius 1 is 1.42 bits per heavy atom. The van der Waals surface area contributed by atoms with Gasteiger partial charge in [-0.1, -0.05) is 17.3 Å². The Morgan fingerprint density at radius 3 is 2.92 bits per heavy atom. The minimum Gasteiger partial charge on any atom is -0.369 e. The summed E-state index contributed by atoms with van der Waals surface area (Å²) in [5.74, 6) is 0.116. The summed E-state index contributed by atoms with van der Waals surface area (Å²) < 4.78 is 50.9. The molecule has 0 spiro atoms. The molecule has 0 saturated carbocycles. The molecule has 24 heavy (non-hydrogen) atoms. The van der Waals surface area contributed by atoms with Crippen LogP contribution in [0.15, 0.2) is 33.7 Å². The van der Waals surface area contributed by atoms with Crippen LogP contribution in [0.5, 0.6) is 0 Å². The van der Waals surface area contributed by atoms with Crippen LogP contribution in [0.4, 0.5) is 4.39 Å². The van der Waals surface area contributed by atoms with E-state index in [0.717, 1.165) is 12.5 Å². The highest BCUT2D eigenvalue weighted by Crippen LogP contribution is 2.24. The molecular formula is C15H18FN3O4S. The molecule has 3 rings (SSSR count). The predicted octanol–water partition coefficient (Wildman–Crippen LogP) is 1.89. The van der Waals surface area contributed by atoms with Gasteiger partial charge in [-0.25, -0.2) is 12.8 Å². The largest absolute Gasteiger partial charge is 0.369 e. The highest BCUT2D eigenvalue weighted by Gasteiger charge is 2.32. The first-order valence-electron chi connectivity index (χ1n) is 7.62. The molecule has 0 aliphatic carbocycles. The van der Waals surface area contributed by atoms with Crippen molar-refractivity contribution in [3.63, 3.8) is 0 Å². The molecule has 1 unspecified atom stereocenters. The van der Waals surface area contributed by atoms with Gasteiger partial charge in [0.05, 0.1) is 6.10 Å². The Balaban J connectivity index is 1.67. The van der Waals surface area contributed by atoms with Gasteiger partial charge in [0.1, 0.15) is 17.3 Å². The molecule has 2 heterocycles. The van der Waals surface area contributed by atoms with Crippen LogP contribution >= 0.6 is 0 Å². The Bertz CT molecular complexity index is 809. The number of hydrogen-bond acceptors (Lipinski definition) is 6. The summed E-state index contributed by atoms with van der Waals surface area (Å²) in [6, 6.07) is 5.39. The number of benzene rings is 1. The lowest BCUT2D eigenvalue weighted by Crippen LogP contribution is -2.43. The average Bonchev–Trinajstić information content (AvgIpc) is 2.99. The molecule has 1 aliphatic heterocycles. The molecule has 1 aromatic heterocycles. The van der Waals surface area contributed by atoms with Crippen LogP contribution < -0.4 is 0 Å². The summed E-state index contributed by atoms with van der Waals surface area (Å²) in [6.07, 6.45) is 1.07. The van der Waals surface area contributed by atoms with E-state index < -0.39 is 15.8 Å². The summed E-state index contributed by atoms with van der Waals surface area (Å²) in [6.45, 7) is 2.35. The van der Waals surface area contributed by atoms with Crippen LogP contribution in [-0.2, 0) is 21.4 Å². The monoisotopic (exact) mass is 355 g/mol. The number of rotatable bonds is 5. The van der Waals surface area contributed by atoms with Crippen molar-refractivity contribution in [2.75, 3.05) is 13.1 Å². The standard InChI is InChI=1S/C15H18FN3O4S/c1-11-17-15(18-23-11)10-22-12-5-4-8-19(9-12)24(20,21)14-7-3-2-6-13(14)16/h2-3,6-7,12H,4-5,8-10H2,1H3. The first kappa shape index (κ1) is 17.0. The number of hydrogen-bond donors (Lipinski definition) is 0. The highest BCUT2D eigenvalue weighted by atomic mass is 32.2. The molecule has 9 heteroatoms. The number of piperidine rings is 1. The van der Waals surface area contributed by atoms with Gasteiger partial charge in [-0.15, -0.1) is 0 Å². The second kappa shape index (κ2) is 6.96. The van der Waals surface area contributed by atoms with Gasteiger partial charge in [0, 0.05) is 20.0 Å². The van der Waals surface area contributed by atoms with Crippen molar-refractivity contribution in [3.8, 4) is 0 Å². The number of aryl methyl sites for hydroxylation is 1. The number of aromatic nitrogens is 2. The summed E-state index contributed by atoms with van der Waals surface area (Å²) in [4.78, 5) is 3.73. The lowest BCUT2D eigenvalue weighted by Gasteiger charge is -2.31. The molecule has 0 amide bonds. The van der Waals surface area contributed by atoms with Crippen LogP contribution in [0, 0.1) is 12.7 Å². The van der Waals surface area contributed by atoms with Gasteiger partial charge >= 0.3 is 0 Å². The Kier molecular flexibility index (Phi) is 4.93. The van der Waals surface area contributed by atoms with E-state index in [0.29, 0.717) is 24.7 Å². The van der Waals surface area contributed by atoms with E-state index in [1.165, 1.54) is 22.5 Å². The fourth-order valence-corrected chi connectivity index (χ4v) is 4.22. The van der Waals surface area contributed by atoms with Crippen molar-refractivity contribution >= 4 is 10.0 Å². The summed E-state index contributed by atoms with van der Waals surface area (Å²) in [7, 11) is -3.88. The Labute approximate surface area is 139 Å². The number of halogens is 1. The van der Waals surface area contributed by atoms with E-state index in [4.69, 9.17) is 9.26 Å². The number of ether oxygens (including phenoxy) is 1. The minimum atomic E-state index is -3.88. The van der Waals surface area contributed by atoms with E-state index in [1.54, 1.807) is 6.92 Å². The zero-order valence-corrected chi connectivity index (χ0v) is 14.0. The molecule has 1 fully saturated rings. The first-order chi connectivity index (χ1) is 11.5. The number of sulfonamides is 1. The van der Waals surface area contributed by atoms with E-state index in [1.807, 2.05) is 0 Å². The normalized spacial score (nSPS) is 19.5. The number of nitrogens with zero attached hydrogens (tertiary/aromatic N) is 3. The van der Waals surface area contributed by atoms with Crippen LogP contribution in [-0.4, -0.2) is 42.1 Å². The maximum absolute atomic E-state index is 13.8. The second-order valence-corrected chi connectivity index (χ2v) is 7.50. The fraction of sp³-hybridized carbons (Fsp3) is 0.467. The van der Waals surface area contributed by atoms with Crippen molar-refractivity contribution < 1.29 is 22.1 Å². The average molecular weight is 355 g/mol. The zero-order valence-electron chi connectivity index (χ0n) is 13.2. The van der Waals surface area contributed by atoms with Crippen LogP contribution in [0.2, 0.25) is 0 Å². The van der Waals surface area contributed by atoms with Gasteiger partial charge in [0.15, 0.2) is 5.82 Å². The smallest absolute Gasteiger partial charge is 0.246 e. The molecule has 2 aromatic rings. The highest BCUT2D eigenvalue weighted by molar-refractivity contribution is 7.89. The van der Waals surface area contributed by atoms with Crippen molar-refractivity contribution in [3.05, 3.63) is 41.8 Å². The van der Waals surface area contributed by atoms with Gasteiger partial charge in [-0.05, 0) is 25.0 Å². The topological polar surface area (TPSA) is 85.5 Å². The minimum absolute atomic E-state index is 0.148. The SMILES string of the molecule is Cc1nc(COC2CCCN(S(=O)(=O)c3ccccc3F)C2)no1. The lowest BCUT2D eigenvalue weighted by atomic mass is 10.1. The summed E-state index contributed by atoms with van der Waals surface area (Å²) >= 11 is 0. The van der Waals surface area contributed by atoms with Crippen molar-refractivity contribution in [2.45, 2.75) is 37.4 Å². The maximum Gasteiger partial charge on any atom is 0.246 e. The molecule has 1 aliphatic rings. The second-order valence-electron chi connectivity index (χ2n) is 5.60. The quantitative estimate of drug-likeness (QED) is 0.814. The molecule has 0 N–H and O–H groups in total. The van der Waals surface area contributed by atoms with E-state index in [2.05, 4.69) is 10.1 Å². The van der Waals surface area contributed by atoms with E-state index in [9.17, 15) is 12.8 Å². The van der Waals surface area contributed by atoms with Crippen molar-refractivity contribution in [1.29, 1.82) is 0 Å². The van der Waals surface area contributed by atoms with Crippen LogP contribution in [0.25, 0.3) is 0 Å². The third-order valence-electron chi connectivity index (χ3n) is 3.81. The molecule has 1 atom stereocenters. The Morgan fingerprint density at radius 2 is 2.21 bits per heavy atom. The lowest BCUT2D eigenvalue weighted by molar-refractivity contribution is 0.00435. The third kappa shape index (κ3) is 3.63. The molecule has 1 aromatic carbocycles. The van der Waals surface area contributed by atoms with Crippen molar-refractivity contribution in [2.24, 2.45) is 0 Å². The van der Waals surface area contributed by atoms with Gasteiger partial charge in [0.25, 0.3) is 0 Å². The van der Waals surface area contributed by atoms with E-state index >= 15 is 0 Å². The summed E-state index contributed by atoms with van der Waals surface area (Å²) in [5.41, 5.74) is 0. The zero-order chi connectivity index (χ0) is 17.2.